The lowest BCUT2D eigenvalue weighted by atomic mass is 10.2. The second-order valence-corrected chi connectivity index (χ2v) is 4.54. The molecular formula is C19H24ClN. The standard InChI is InChI=1S/C11H16N.C8H8.ClH/c1-3-5-8-12-9-6-11(4-2)7-10-12;1-2-8-6-4-3-5-7-8;/h4,6-7,9-10H,2-3,5,8H2,1H3;2-7H,1H2;1H/q+1;;/p-1. The summed E-state index contributed by atoms with van der Waals surface area (Å²) in [6.07, 6.45) is 10.4. The van der Waals surface area contributed by atoms with Crippen molar-refractivity contribution in [3.8, 4) is 0 Å². The van der Waals surface area contributed by atoms with Crippen molar-refractivity contribution in [3.05, 3.63) is 79.1 Å². The predicted molar refractivity (Wildman–Crippen MR) is 88.2 cm³/mol. The highest BCUT2D eigenvalue weighted by atomic mass is 35.5. The Morgan fingerprint density at radius 2 is 1.43 bits per heavy atom. The Labute approximate surface area is 135 Å². The fourth-order valence-electron chi connectivity index (χ4n) is 1.68. The van der Waals surface area contributed by atoms with Crippen molar-refractivity contribution in [1.29, 1.82) is 0 Å². The molecule has 112 valence electrons. The van der Waals surface area contributed by atoms with Crippen molar-refractivity contribution in [2.45, 2.75) is 26.3 Å². The molecule has 0 fully saturated rings. The Kier molecular flexibility index (Phi) is 10.9. The molecule has 1 aromatic carbocycles. The van der Waals surface area contributed by atoms with Crippen LogP contribution in [0.2, 0.25) is 0 Å². The van der Waals surface area contributed by atoms with E-state index >= 15 is 0 Å². The van der Waals surface area contributed by atoms with Gasteiger partial charge in [0.15, 0.2) is 12.4 Å². The number of pyridine rings is 1. The second kappa shape index (κ2) is 11.9. The number of nitrogens with zero attached hydrogens (tertiary/aromatic N) is 1. The van der Waals surface area contributed by atoms with Crippen LogP contribution in [0, 0.1) is 0 Å². The van der Waals surface area contributed by atoms with Crippen molar-refractivity contribution in [1.82, 2.24) is 0 Å². The third kappa shape index (κ3) is 8.11. The van der Waals surface area contributed by atoms with Gasteiger partial charge >= 0.3 is 0 Å². The molecule has 2 aromatic rings. The van der Waals surface area contributed by atoms with Gasteiger partial charge in [-0.1, -0.05) is 69.0 Å². The van der Waals surface area contributed by atoms with E-state index in [1.165, 1.54) is 24.0 Å². The molecule has 0 aliphatic carbocycles. The molecule has 0 radical (unpaired) electrons. The van der Waals surface area contributed by atoms with Crippen LogP contribution in [0.3, 0.4) is 0 Å². The van der Waals surface area contributed by atoms with Gasteiger partial charge in [0.05, 0.1) is 0 Å². The first-order chi connectivity index (χ1) is 9.80. The fraction of sp³-hybridized carbons (Fsp3) is 0.211. The van der Waals surface area contributed by atoms with Crippen LogP contribution in [-0.2, 0) is 6.54 Å². The topological polar surface area (TPSA) is 3.88 Å². The molecule has 0 spiro atoms. The van der Waals surface area contributed by atoms with Crippen LogP contribution in [0.5, 0.6) is 0 Å². The zero-order valence-electron chi connectivity index (χ0n) is 12.7. The van der Waals surface area contributed by atoms with Crippen molar-refractivity contribution < 1.29 is 17.0 Å². The third-order valence-electron chi connectivity index (χ3n) is 2.96. The molecule has 0 saturated heterocycles. The lowest BCUT2D eigenvalue weighted by Crippen LogP contribution is -3.00. The zero-order chi connectivity index (χ0) is 14.6. The summed E-state index contributed by atoms with van der Waals surface area (Å²) in [5.41, 5.74) is 2.36. The van der Waals surface area contributed by atoms with Gasteiger partial charge in [-0.05, 0) is 11.1 Å². The maximum atomic E-state index is 3.71. The molecular weight excluding hydrogens is 278 g/mol. The number of aryl methyl sites for hydroxylation is 1. The summed E-state index contributed by atoms with van der Waals surface area (Å²) < 4.78 is 2.20. The van der Waals surface area contributed by atoms with E-state index in [-0.39, 0.29) is 12.4 Å². The van der Waals surface area contributed by atoms with E-state index < -0.39 is 0 Å². The summed E-state index contributed by atoms with van der Waals surface area (Å²) in [7, 11) is 0. The van der Waals surface area contributed by atoms with Gasteiger partial charge < -0.3 is 12.4 Å². The van der Waals surface area contributed by atoms with Gasteiger partial charge in [-0.15, -0.1) is 0 Å². The summed E-state index contributed by atoms with van der Waals surface area (Å²) in [6.45, 7) is 10.7. The molecule has 0 N–H and O–H groups in total. The van der Waals surface area contributed by atoms with Crippen molar-refractivity contribution in [2.75, 3.05) is 0 Å². The Balaban J connectivity index is 0.000000390. The molecule has 0 bridgehead atoms. The van der Waals surface area contributed by atoms with Gasteiger partial charge in [-0.2, -0.15) is 0 Å². The maximum absolute atomic E-state index is 3.71. The molecule has 1 nitrogen and oxygen atoms in total. The SMILES string of the molecule is C=Cc1cc[n+](CCCC)cc1.C=Cc1ccccc1.[Cl-]. The van der Waals surface area contributed by atoms with E-state index in [0.29, 0.717) is 0 Å². The quantitative estimate of drug-likeness (QED) is 0.741. The molecule has 0 amide bonds. The lowest BCUT2D eigenvalue weighted by Gasteiger charge is -1.94. The molecule has 2 heteroatoms. The normalized spacial score (nSPS) is 8.81. The summed E-state index contributed by atoms with van der Waals surface area (Å²) >= 11 is 0. The van der Waals surface area contributed by atoms with E-state index in [4.69, 9.17) is 0 Å². The highest BCUT2D eigenvalue weighted by molar-refractivity contribution is 5.45. The third-order valence-corrected chi connectivity index (χ3v) is 2.96. The van der Waals surface area contributed by atoms with Gasteiger partial charge in [0.2, 0.25) is 0 Å². The number of hydrogen-bond donors (Lipinski definition) is 0. The van der Waals surface area contributed by atoms with Gasteiger partial charge in [0.1, 0.15) is 6.54 Å². The Morgan fingerprint density at radius 1 is 0.905 bits per heavy atom. The van der Waals surface area contributed by atoms with Crippen LogP contribution in [0.4, 0.5) is 0 Å². The lowest BCUT2D eigenvalue weighted by molar-refractivity contribution is -0.697. The number of benzene rings is 1. The Hall–Kier alpha value is -1.86. The minimum absolute atomic E-state index is 0. The molecule has 0 aliphatic rings. The number of aromatic nitrogens is 1. The summed E-state index contributed by atoms with van der Waals surface area (Å²) in [5.74, 6) is 0. The molecule has 21 heavy (non-hydrogen) atoms. The van der Waals surface area contributed by atoms with E-state index in [2.05, 4.69) is 49.2 Å². The largest absolute Gasteiger partial charge is 1.00 e. The van der Waals surface area contributed by atoms with Crippen molar-refractivity contribution in [3.63, 3.8) is 0 Å². The number of rotatable bonds is 5. The van der Waals surface area contributed by atoms with Gasteiger partial charge in [-0.25, -0.2) is 4.57 Å². The minimum Gasteiger partial charge on any atom is -1.00 e. The highest BCUT2D eigenvalue weighted by Crippen LogP contribution is 1.97. The number of unbranched alkanes of at least 4 members (excludes halogenated alkanes) is 1. The van der Waals surface area contributed by atoms with Crippen LogP contribution in [0.25, 0.3) is 12.2 Å². The first-order valence-electron chi connectivity index (χ1n) is 7.09. The molecule has 1 aromatic heterocycles. The molecule has 0 aliphatic heterocycles. The van der Waals surface area contributed by atoms with Gasteiger partial charge in [0, 0.05) is 18.6 Å². The predicted octanol–water partition coefficient (Wildman–Crippen LogP) is 1.75. The fourth-order valence-corrected chi connectivity index (χ4v) is 1.68. The van der Waals surface area contributed by atoms with E-state index in [1.54, 1.807) is 0 Å². The molecule has 1 heterocycles. The number of hydrogen-bond acceptors (Lipinski definition) is 0. The molecule has 0 saturated carbocycles. The van der Waals surface area contributed by atoms with E-state index in [0.717, 1.165) is 6.54 Å². The molecule has 2 rings (SSSR count). The van der Waals surface area contributed by atoms with Crippen molar-refractivity contribution >= 4 is 12.2 Å². The van der Waals surface area contributed by atoms with Crippen LogP contribution >= 0.6 is 0 Å². The van der Waals surface area contributed by atoms with Crippen LogP contribution in [0.1, 0.15) is 30.9 Å². The zero-order valence-corrected chi connectivity index (χ0v) is 13.5. The average Bonchev–Trinajstić information content (AvgIpc) is 2.54. The second-order valence-electron chi connectivity index (χ2n) is 4.54. The first kappa shape index (κ1) is 19.1. The summed E-state index contributed by atoms with van der Waals surface area (Å²) in [6, 6.07) is 14.2. The van der Waals surface area contributed by atoms with Crippen LogP contribution in [0.15, 0.2) is 68.0 Å². The van der Waals surface area contributed by atoms with E-state index in [1.807, 2.05) is 42.5 Å². The van der Waals surface area contributed by atoms with Gasteiger partial charge in [0.25, 0.3) is 0 Å². The van der Waals surface area contributed by atoms with Gasteiger partial charge in [-0.3, -0.25) is 0 Å². The monoisotopic (exact) mass is 301 g/mol. The highest BCUT2D eigenvalue weighted by Gasteiger charge is 1.96. The Bertz CT molecular complexity index is 503. The Morgan fingerprint density at radius 3 is 1.86 bits per heavy atom. The van der Waals surface area contributed by atoms with Crippen molar-refractivity contribution in [2.24, 2.45) is 0 Å². The minimum atomic E-state index is 0. The van der Waals surface area contributed by atoms with E-state index in [9.17, 15) is 0 Å². The maximum Gasteiger partial charge on any atom is 0.169 e. The molecule has 0 unspecified atom stereocenters. The molecule has 0 atom stereocenters. The van der Waals surface area contributed by atoms with Crippen LogP contribution < -0.4 is 17.0 Å². The summed E-state index contributed by atoms with van der Waals surface area (Å²) in [4.78, 5) is 0. The average molecular weight is 302 g/mol. The number of halogens is 1. The summed E-state index contributed by atoms with van der Waals surface area (Å²) in [5, 5.41) is 0. The smallest absolute Gasteiger partial charge is 0.169 e. The first-order valence-corrected chi connectivity index (χ1v) is 7.09. The van der Waals surface area contributed by atoms with Crippen LogP contribution in [-0.4, -0.2) is 0 Å².